The van der Waals surface area contributed by atoms with Crippen molar-refractivity contribution < 1.29 is 15.0 Å². The summed E-state index contributed by atoms with van der Waals surface area (Å²) in [5.74, 6) is 1.49. The molecule has 3 heteroatoms. The van der Waals surface area contributed by atoms with E-state index >= 15 is 0 Å². The summed E-state index contributed by atoms with van der Waals surface area (Å²) in [6.45, 7) is 9.04. The van der Waals surface area contributed by atoms with E-state index in [0.29, 0.717) is 24.0 Å². The van der Waals surface area contributed by atoms with Crippen molar-refractivity contribution in [1.82, 2.24) is 0 Å². The van der Waals surface area contributed by atoms with Crippen LogP contribution in [0.25, 0.3) is 0 Å². The Hall–Kier alpha value is -1.51. The first-order chi connectivity index (χ1) is 11.2. The maximum absolute atomic E-state index is 12.8. The highest BCUT2D eigenvalue weighted by molar-refractivity contribution is 5.81. The van der Waals surface area contributed by atoms with Gasteiger partial charge in [-0.15, -0.1) is 0 Å². The van der Waals surface area contributed by atoms with Gasteiger partial charge in [-0.25, -0.2) is 0 Å². The molecule has 1 aliphatic carbocycles. The lowest BCUT2D eigenvalue weighted by atomic mass is 9.62. The van der Waals surface area contributed by atoms with Crippen molar-refractivity contribution in [2.45, 2.75) is 66.2 Å². The fraction of sp³-hybridized carbons (Fsp3) is 0.667. The van der Waals surface area contributed by atoms with Gasteiger partial charge in [-0.05, 0) is 67.1 Å². The van der Waals surface area contributed by atoms with Crippen LogP contribution < -0.4 is 0 Å². The molecule has 0 aliphatic heterocycles. The molecule has 1 fully saturated rings. The van der Waals surface area contributed by atoms with Crippen LogP contribution in [0.5, 0.6) is 11.5 Å². The molecule has 1 aromatic rings. The lowest BCUT2D eigenvalue weighted by Crippen LogP contribution is -2.37. The van der Waals surface area contributed by atoms with Gasteiger partial charge in [-0.3, -0.25) is 4.79 Å². The van der Waals surface area contributed by atoms with Crippen molar-refractivity contribution in [1.29, 1.82) is 0 Å². The number of aromatic hydroxyl groups is 2. The number of aryl methyl sites for hydroxylation is 1. The first kappa shape index (κ1) is 18.8. The third-order valence-electron chi connectivity index (χ3n) is 5.64. The molecule has 0 spiro atoms. The summed E-state index contributed by atoms with van der Waals surface area (Å²) in [5.41, 5.74) is 1.23. The van der Waals surface area contributed by atoms with E-state index in [2.05, 4.69) is 27.7 Å². The highest BCUT2D eigenvalue weighted by Crippen LogP contribution is 2.45. The molecule has 24 heavy (non-hydrogen) atoms. The summed E-state index contributed by atoms with van der Waals surface area (Å²) in [6, 6.07) is 4.89. The highest BCUT2D eigenvalue weighted by Gasteiger charge is 2.39. The van der Waals surface area contributed by atoms with Gasteiger partial charge in [-0.1, -0.05) is 33.8 Å². The van der Waals surface area contributed by atoms with Crippen molar-refractivity contribution in [2.75, 3.05) is 0 Å². The van der Waals surface area contributed by atoms with Crippen LogP contribution in [0.1, 0.15) is 65.4 Å². The predicted molar refractivity (Wildman–Crippen MR) is 97.2 cm³/mol. The van der Waals surface area contributed by atoms with E-state index in [9.17, 15) is 15.0 Å². The molecular formula is C21H32O3. The lowest BCUT2D eigenvalue weighted by Gasteiger charge is -2.42. The largest absolute Gasteiger partial charge is 0.504 e. The van der Waals surface area contributed by atoms with Crippen LogP contribution in [-0.2, 0) is 11.2 Å². The second-order valence-electron chi connectivity index (χ2n) is 8.56. The molecule has 1 saturated carbocycles. The predicted octanol–water partition coefficient (Wildman–Crippen LogP) is 5.09. The molecule has 0 saturated heterocycles. The van der Waals surface area contributed by atoms with Crippen molar-refractivity contribution in [3.05, 3.63) is 23.8 Å². The molecule has 3 nitrogen and oxygen atoms in total. The van der Waals surface area contributed by atoms with E-state index in [1.807, 2.05) is 0 Å². The van der Waals surface area contributed by atoms with E-state index in [-0.39, 0.29) is 22.8 Å². The summed E-state index contributed by atoms with van der Waals surface area (Å²) < 4.78 is 0. The molecule has 2 N–H and O–H groups in total. The van der Waals surface area contributed by atoms with E-state index < -0.39 is 0 Å². The van der Waals surface area contributed by atoms with Gasteiger partial charge in [0.15, 0.2) is 11.5 Å². The second kappa shape index (κ2) is 7.58. The zero-order valence-electron chi connectivity index (χ0n) is 15.5. The molecular weight excluding hydrogens is 300 g/mol. The molecule has 2 unspecified atom stereocenters. The van der Waals surface area contributed by atoms with Gasteiger partial charge in [0.2, 0.25) is 0 Å². The van der Waals surface area contributed by atoms with Crippen LogP contribution in [0.3, 0.4) is 0 Å². The normalized spacial score (nSPS) is 23.4. The van der Waals surface area contributed by atoms with Crippen LogP contribution in [0.15, 0.2) is 18.2 Å². The quantitative estimate of drug-likeness (QED) is 0.714. The number of hydrogen-bond donors (Lipinski definition) is 2. The Labute approximate surface area is 146 Å². The molecule has 1 aliphatic rings. The van der Waals surface area contributed by atoms with E-state index in [1.165, 1.54) is 12.5 Å². The Bertz CT molecular complexity index is 574. The van der Waals surface area contributed by atoms with Gasteiger partial charge in [0.05, 0.1) is 0 Å². The molecule has 0 radical (unpaired) electrons. The van der Waals surface area contributed by atoms with Crippen LogP contribution in [0.2, 0.25) is 0 Å². The lowest BCUT2D eigenvalue weighted by molar-refractivity contribution is -0.128. The fourth-order valence-electron chi connectivity index (χ4n) is 4.13. The Balaban J connectivity index is 1.93. The number of benzene rings is 1. The van der Waals surface area contributed by atoms with Gasteiger partial charge in [0, 0.05) is 12.3 Å². The summed E-state index contributed by atoms with van der Waals surface area (Å²) in [6.07, 6.45) is 5.53. The molecule has 0 bridgehead atoms. The zero-order valence-corrected chi connectivity index (χ0v) is 15.5. The number of carbonyl (C=O) groups is 1. The van der Waals surface area contributed by atoms with E-state index in [1.54, 1.807) is 12.1 Å². The standard InChI is InChI=1S/C21H32O3/c1-14(2)16-10-11-21(3,4)13-17(16)18(22)7-5-6-15-8-9-19(23)20(24)12-15/h8-9,12,14,16-17,23-24H,5-7,10-11,13H2,1-4H3. The van der Waals surface area contributed by atoms with Gasteiger partial charge in [-0.2, -0.15) is 0 Å². The monoisotopic (exact) mass is 332 g/mol. The maximum Gasteiger partial charge on any atom is 0.157 e. The number of carbonyl (C=O) groups excluding carboxylic acids is 1. The smallest absolute Gasteiger partial charge is 0.157 e. The second-order valence-corrected chi connectivity index (χ2v) is 8.56. The number of phenols is 2. The van der Waals surface area contributed by atoms with Crippen LogP contribution in [0, 0.1) is 23.2 Å². The summed E-state index contributed by atoms with van der Waals surface area (Å²) in [5, 5.41) is 18.9. The molecule has 134 valence electrons. The Morgan fingerprint density at radius 1 is 1.25 bits per heavy atom. The van der Waals surface area contributed by atoms with Crippen LogP contribution >= 0.6 is 0 Å². The molecule has 2 atom stereocenters. The fourth-order valence-corrected chi connectivity index (χ4v) is 4.13. The van der Waals surface area contributed by atoms with Crippen LogP contribution in [0.4, 0.5) is 0 Å². The number of rotatable bonds is 6. The Morgan fingerprint density at radius 2 is 1.96 bits per heavy atom. The summed E-state index contributed by atoms with van der Waals surface area (Å²) in [7, 11) is 0. The van der Waals surface area contributed by atoms with Crippen molar-refractivity contribution in [3.8, 4) is 11.5 Å². The SMILES string of the molecule is CC(C)C1CCC(C)(C)CC1C(=O)CCCc1ccc(O)c(O)c1. The van der Waals surface area contributed by atoms with E-state index in [4.69, 9.17) is 0 Å². The van der Waals surface area contributed by atoms with Gasteiger partial charge in [0.1, 0.15) is 5.78 Å². The number of hydrogen-bond acceptors (Lipinski definition) is 3. The Kier molecular flexibility index (Phi) is 5.95. The van der Waals surface area contributed by atoms with Crippen molar-refractivity contribution in [2.24, 2.45) is 23.2 Å². The zero-order chi connectivity index (χ0) is 17.9. The first-order valence-corrected chi connectivity index (χ1v) is 9.23. The number of phenolic OH excluding ortho intramolecular Hbond substituents is 2. The summed E-state index contributed by atoms with van der Waals surface area (Å²) in [4.78, 5) is 12.8. The number of Topliss-reactive ketones (excluding diaryl/α,β-unsaturated/α-hetero) is 1. The molecule has 0 aromatic heterocycles. The van der Waals surface area contributed by atoms with Crippen LogP contribution in [-0.4, -0.2) is 16.0 Å². The topological polar surface area (TPSA) is 57.5 Å². The minimum absolute atomic E-state index is 0.0901. The third kappa shape index (κ3) is 4.75. The first-order valence-electron chi connectivity index (χ1n) is 9.23. The van der Waals surface area contributed by atoms with Gasteiger partial charge in [0.25, 0.3) is 0 Å². The minimum Gasteiger partial charge on any atom is -0.504 e. The van der Waals surface area contributed by atoms with Gasteiger partial charge < -0.3 is 10.2 Å². The minimum atomic E-state index is -0.0981. The molecule has 0 amide bonds. The average molecular weight is 332 g/mol. The third-order valence-corrected chi connectivity index (χ3v) is 5.64. The van der Waals surface area contributed by atoms with E-state index in [0.717, 1.165) is 31.2 Å². The molecule has 0 heterocycles. The molecule has 2 rings (SSSR count). The summed E-state index contributed by atoms with van der Waals surface area (Å²) >= 11 is 0. The number of ketones is 1. The maximum atomic E-state index is 12.8. The highest BCUT2D eigenvalue weighted by atomic mass is 16.3. The average Bonchev–Trinajstić information content (AvgIpc) is 2.49. The Morgan fingerprint density at radius 3 is 2.58 bits per heavy atom. The molecule has 1 aromatic carbocycles. The van der Waals surface area contributed by atoms with Crippen molar-refractivity contribution >= 4 is 5.78 Å². The van der Waals surface area contributed by atoms with Crippen molar-refractivity contribution in [3.63, 3.8) is 0 Å². The van der Waals surface area contributed by atoms with Gasteiger partial charge >= 0.3 is 0 Å².